The Bertz CT molecular complexity index is 971. The quantitative estimate of drug-likeness (QED) is 0.734. The predicted molar refractivity (Wildman–Crippen MR) is 111 cm³/mol. The minimum Gasteiger partial charge on any atom is -0.325 e. The smallest absolute Gasteiger partial charge is 0.325 e. The zero-order chi connectivity index (χ0) is 20.6. The summed E-state index contributed by atoms with van der Waals surface area (Å²) in [5.41, 5.74) is 3.01. The highest BCUT2D eigenvalue weighted by Crippen LogP contribution is 2.39. The number of fused-ring (bicyclic) bond motifs is 1. The van der Waals surface area contributed by atoms with Crippen molar-refractivity contribution in [2.75, 3.05) is 18.1 Å². The number of halogens is 3. The molecule has 0 radical (unpaired) electrons. The summed E-state index contributed by atoms with van der Waals surface area (Å²) in [4.78, 5) is 17.7. The molecule has 1 aliphatic heterocycles. The van der Waals surface area contributed by atoms with E-state index < -0.39 is 23.6 Å². The van der Waals surface area contributed by atoms with Gasteiger partial charge in [0.2, 0.25) is 5.91 Å². The molecule has 1 heterocycles. The highest BCUT2D eigenvalue weighted by Gasteiger charge is 2.39. The Kier molecular flexibility index (Phi) is 5.42. The van der Waals surface area contributed by atoms with E-state index in [0.29, 0.717) is 17.2 Å². The van der Waals surface area contributed by atoms with Crippen molar-refractivity contribution in [2.24, 2.45) is 10.9 Å². The first-order valence-corrected chi connectivity index (χ1v) is 10.8. The number of alkyl halides is 3. The van der Waals surface area contributed by atoms with Gasteiger partial charge in [-0.05, 0) is 54.3 Å². The number of carbonyl (C=O) groups is 1. The maximum atomic E-state index is 13.2. The van der Waals surface area contributed by atoms with Crippen LogP contribution in [0.5, 0.6) is 0 Å². The van der Waals surface area contributed by atoms with Crippen LogP contribution in [0.2, 0.25) is 0 Å². The first-order chi connectivity index (χ1) is 13.9. The molecule has 0 bridgehead atoms. The van der Waals surface area contributed by atoms with Gasteiger partial charge in [0.05, 0.1) is 16.5 Å². The van der Waals surface area contributed by atoms with E-state index in [0.717, 1.165) is 42.6 Å². The molecule has 0 saturated carbocycles. The van der Waals surface area contributed by atoms with Gasteiger partial charge in [-0.1, -0.05) is 30.3 Å². The second kappa shape index (κ2) is 7.86. The van der Waals surface area contributed by atoms with Crippen LogP contribution in [0.25, 0.3) is 0 Å². The van der Waals surface area contributed by atoms with Crippen LogP contribution in [0.15, 0.2) is 47.5 Å². The van der Waals surface area contributed by atoms with Gasteiger partial charge >= 0.3 is 6.18 Å². The molecule has 2 aliphatic rings. The number of nitrogens with one attached hydrogen (secondary N) is 1. The Morgan fingerprint density at radius 1 is 1.17 bits per heavy atom. The molecule has 2 unspecified atom stereocenters. The average Bonchev–Trinajstić information content (AvgIpc) is 3.34. The van der Waals surface area contributed by atoms with Crippen molar-refractivity contribution in [2.45, 2.75) is 31.4 Å². The van der Waals surface area contributed by atoms with Gasteiger partial charge in [0.15, 0.2) is 0 Å². The van der Waals surface area contributed by atoms with E-state index in [-0.39, 0.29) is 5.91 Å². The standard InChI is InChI=1S/C22H21F3N2OS/c1-29-21-19(20(28)27-18-10-4-6-13-5-3-9-16(13)18)17(12-26-21)14-7-2-8-15(11-14)22(23,24)25/h2,4,6-8,10-11,17,19H,3,5,9,12H2,1H3,(H,27,28). The fourth-order valence-corrected chi connectivity index (χ4v) is 4.97. The van der Waals surface area contributed by atoms with Crippen LogP contribution in [-0.2, 0) is 23.8 Å². The molecule has 3 nitrogen and oxygen atoms in total. The number of nitrogens with zero attached hydrogens (tertiary/aromatic N) is 1. The minimum absolute atomic E-state index is 0.210. The molecule has 29 heavy (non-hydrogen) atoms. The summed E-state index contributed by atoms with van der Waals surface area (Å²) in [7, 11) is 0. The van der Waals surface area contributed by atoms with Crippen molar-refractivity contribution in [1.82, 2.24) is 0 Å². The second-order valence-electron chi connectivity index (χ2n) is 7.38. The average molecular weight is 418 g/mol. The van der Waals surface area contributed by atoms with E-state index in [1.165, 1.54) is 23.4 Å². The van der Waals surface area contributed by atoms with Gasteiger partial charge < -0.3 is 5.32 Å². The molecule has 2 aromatic carbocycles. The number of hydrogen-bond acceptors (Lipinski definition) is 3. The molecule has 1 N–H and O–H groups in total. The predicted octanol–water partition coefficient (Wildman–Crippen LogP) is 5.31. The van der Waals surface area contributed by atoms with Gasteiger partial charge in [-0.2, -0.15) is 13.2 Å². The Labute approximate surface area is 171 Å². The summed E-state index contributed by atoms with van der Waals surface area (Å²) < 4.78 is 39.5. The lowest BCUT2D eigenvalue weighted by Crippen LogP contribution is -2.31. The lowest BCUT2D eigenvalue weighted by atomic mass is 9.87. The molecular weight excluding hydrogens is 397 g/mol. The fraction of sp³-hybridized carbons (Fsp3) is 0.364. The lowest BCUT2D eigenvalue weighted by molar-refractivity contribution is -0.137. The van der Waals surface area contributed by atoms with Crippen molar-refractivity contribution in [3.63, 3.8) is 0 Å². The van der Waals surface area contributed by atoms with Gasteiger partial charge in [0, 0.05) is 18.2 Å². The third-order valence-electron chi connectivity index (χ3n) is 5.65. The Balaban J connectivity index is 1.62. The lowest BCUT2D eigenvalue weighted by Gasteiger charge is -2.22. The largest absolute Gasteiger partial charge is 0.416 e. The number of rotatable bonds is 3. The van der Waals surface area contributed by atoms with E-state index in [9.17, 15) is 18.0 Å². The molecule has 1 amide bonds. The molecule has 0 fully saturated rings. The van der Waals surface area contributed by atoms with Crippen LogP contribution in [0.1, 0.15) is 34.6 Å². The number of aliphatic imine (C=N–C) groups is 1. The van der Waals surface area contributed by atoms with Crippen LogP contribution >= 0.6 is 11.8 Å². The van der Waals surface area contributed by atoms with Gasteiger partial charge in [-0.15, -0.1) is 11.8 Å². The highest BCUT2D eigenvalue weighted by molar-refractivity contribution is 8.13. The van der Waals surface area contributed by atoms with Crippen LogP contribution in [0.4, 0.5) is 18.9 Å². The third-order valence-corrected chi connectivity index (χ3v) is 6.45. The Morgan fingerprint density at radius 3 is 2.72 bits per heavy atom. The fourth-order valence-electron chi connectivity index (χ4n) is 4.24. The Morgan fingerprint density at radius 2 is 1.97 bits per heavy atom. The molecule has 0 spiro atoms. The monoisotopic (exact) mass is 418 g/mol. The SMILES string of the molecule is CSC1=NCC(c2cccc(C(F)(F)F)c2)C1C(=O)Nc1cccc2c1CCC2. The Hall–Kier alpha value is -2.28. The van der Waals surface area contributed by atoms with Gasteiger partial charge in [-0.25, -0.2) is 0 Å². The van der Waals surface area contributed by atoms with Crippen LogP contribution < -0.4 is 5.32 Å². The number of benzene rings is 2. The van der Waals surface area contributed by atoms with E-state index in [2.05, 4.69) is 16.4 Å². The van der Waals surface area contributed by atoms with E-state index in [1.54, 1.807) is 6.07 Å². The summed E-state index contributed by atoms with van der Waals surface area (Å²) in [6, 6.07) is 11.1. The number of hydrogen-bond donors (Lipinski definition) is 1. The zero-order valence-corrected chi connectivity index (χ0v) is 16.7. The normalized spacial score (nSPS) is 21.0. The molecule has 4 rings (SSSR count). The van der Waals surface area contributed by atoms with Gasteiger partial charge in [0.1, 0.15) is 0 Å². The molecule has 1 aliphatic carbocycles. The number of aryl methyl sites for hydroxylation is 1. The molecule has 152 valence electrons. The number of anilines is 1. The van der Waals surface area contributed by atoms with Gasteiger partial charge in [0.25, 0.3) is 0 Å². The molecular formula is C22H21F3N2OS. The number of thioether (sulfide) groups is 1. The highest BCUT2D eigenvalue weighted by atomic mass is 32.2. The van der Waals surface area contributed by atoms with Crippen LogP contribution in [0.3, 0.4) is 0 Å². The maximum Gasteiger partial charge on any atom is 0.416 e. The first kappa shape index (κ1) is 20.0. The summed E-state index contributed by atoms with van der Waals surface area (Å²) in [6.07, 6.45) is 0.424. The molecule has 2 aromatic rings. The maximum absolute atomic E-state index is 13.2. The van der Waals surface area contributed by atoms with E-state index in [1.807, 2.05) is 18.4 Å². The molecule has 0 aromatic heterocycles. The topological polar surface area (TPSA) is 41.5 Å². The van der Waals surface area contributed by atoms with Crippen molar-refractivity contribution >= 4 is 28.4 Å². The number of carbonyl (C=O) groups excluding carboxylic acids is 1. The van der Waals surface area contributed by atoms with Crippen LogP contribution in [0, 0.1) is 5.92 Å². The number of amides is 1. The minimum atomic E-state index is -4.42. The second-order valence-corrected chi connectivity index (χ2v) is 8.20. The summed E-state index contributed by atoms with van der Waals surface area (Å²) in [6.45, 7) is 0.308. The molecule has 2 atom stereocenters. The third kappa shape index (κ3) is 3.92. The molecule has 0 saturated heterocycles. The van der Waals surface area contributed by atoms with Crippen molar-refractivity contribution in [3.8, 4) is 0 Å². The van der Waals surface area contributed by atoms with Crippen molar-refractivity contribution < 1.29 is 18.0 Å². The van der Waals surface area contributed by atoms with Crippen molar-refractivity contribution in [3.05, 3.63) is 64.7 Å². The molecule has 7 heteroatoms. The zero-order valence-electron chi connectivity index (χ0n) is 15.9. The summed E-state index contributed by atoms with van der Waals surface area (Å²) in [5.74, 6) is -1.21. The first-order valence-electron chi connectivity index (χ1n) is 9.55. The summed E-state index contributed by atoms with van der Waals surface area (Å²) in [5, 5.41) is 3.70. The van der Waals surface area contributed by atoms with Crippen LogP contribution in [-0.4, -0.2) is 23.8 Å². The van der Waals surface area contributed by atoms with Gasteiger partial charge in [-0.3, -0.25) is 9.79 Å². The van der Waals surface area contributed by atoms with E-state index in [4.69, 9.17) is 0 Å². The summed E-state index contributed by atoms with van der Waals surface area (Å²) >= 11 is 1.38. The van der Waals surface area contributed by atoms with E-state index >= 15 is 0 Å². The van der Waals surface area contributed by atoms with Crippen molar-refractivity contribution in [1.29, 1.82) is 0 Å².